The van der Waals surface area contributed by atoms with Gasteiger partial charge in [-0.15, -0.1) is 24.0 Å². The van der Waals surface area contributed by atoms with E-state index in [1.54, 1.807) is 14.2 Å². The molecule has 150 valence electrons. The molecule has 28 heavy (non-hydrogen) atoms. The molecule has 3 aromatic rings. The van der Waals surface area contributed by atoms with Gasteiger partial charge >= 0.3 is 0 Å². The summed E-state index contributed by atoms with van der Waals surface area (Å²) in [6.45, 7) is 3.44. The Hall–Kier alpha value is -2.49. The number of benzene rings is 1. The van der Waals surface area contributed by atoms with Crippen molar-refractivity contribution in [2.24, 2.45) is 4.99 Å². The van der Waals surface area contributed by atoms with E-state index < -0.39 is 0 Å². The normalized spacial score (nSPS) is 11.0. The zero-order chi connectivity index (χ0) is 19.1. The lowest BCUT2D eigenvalue weighted by atomic mass is 10.2. The number of hydrogen-bond donors (Lipinski definition) is 2. The van der Waals surface area contributed by atoms with Gasteiger partial charge in [-0.05, 0) is 31.2 Å². The second kappa shape index (κ2) is 10.7. The highest BCUT2D eigenvalue weighted by Gasteiger charge is 2.06. The fourth-order valence-corrected chi connectivity index (χ4v) is 2.75. The molecule has 0 radical (unpaired) electrons. The van der Waals surface area contributed by atoms with E-state index in [1.807, 2.05) is 60.1 Å². The lowest BCUT2D eigenvalue weighted by molar-refractivity contribution is 0.355. The minimum absolute atomic E-state index is 0. The van der Waals surface area contributed by atoms with E-state index in [2.05, 4.69) is 20.6 Å². The number of aromatic nitrogens is 2. The molecule has 0 aliphatic carbocycles. The first-order valence-corrected chi connectivity index (χ1v) is 8.93. The van der Waals surface area contributed by atoms with Crippen molar-refractivity contribution >= 4 is 41.3 Å². The molecule has 0 spiro atoms. The molecule has 0 unspecified atom stereocenters. The number of hydrogen-bond acceptors (Lipinski definition) is 4. The number of anilines is 1. The summed E-state index contributed by atoms with van der Waals surface area (Å²) in [6.07, 6.45) is 4.81. The minimum Gasteiger partial charge on any atom is -0.493 e. The molecule has 2 heterocycles. The molecule has 3 rings (SSSR count). The quantitative estimate of drug-likeness (QED) is 0.298. The predicted octanol–water partition coefficient (Wildman–Crippen LogP) is 3.59. The molecule has 2 aromatic heterocycles. The Morgan fingerprint density at radius 3 is 2.68 bits per heavy atom. The van der Waals surface area contributed by atoms with E-state index in [9.17, 15) is 0 Å². The van der Waals surface area contributed by atoms with Crippen molar-refractivity contribution in [2.45, 2.75) is 13.3 Å². The smallest absolute Gasteiger partial charge is 0.195 e. The van der Waals surface area contributed by atoms with Crippen LogP contribution in [-0.4, -0.2) is 42.7 Å². The van der Waals surface area contributed by atoms with Crippen LogP contribution in [0.3, 0.4) is 0 Å². The van der Waals surface area contributed by atoms with Gasteiger partial charge in [0, 0.05) is 43.7 Å². The van der Waals surface area contributed by atoms with E-state index >= 15 is 0 Å². The monoisotopic (exact) mass is 495 g/mol. The highest BCUT2D eigenvalue weighted by atomic mass is 127. The zero-order valence-electron chi connectivity index (χ0n) is 16.3. The van der Waals surface area contributed by atoms with Crippen LogP contribution < -0.4 is 20.1 Å². The van der Waals surface area contributed by atoms with E-state index in [4.69, 9.17) is 9.47 Å². The van der Waals surface area contributed by atoms with Crippen molar-refractivity contribution in [3.8, 4) is 11.5 Å². The molecular weight excluding hydrogens is 469 g/mol. The molecular formula is C20H26IN5O2. The number of fused-ring (bicyclic) bond motifs is 1. The van der Waals surface area contributed by atoms with Gasteiger partial charge in [0.2, 0.25) is 0 Å². The van der Waals surface area contributed by atoms with Crippen molar-refractivity contribution in [3.63, 3.8) is 0 Å². The number of ether oxygens (including phenoxy) is 2. The number of methoxy groups -OCH3 is 2. The van der Waals surface area contributed by atoms with Gasteiger partial charge in [0.15, 0.2) is 17.5 Å². The summed E-state index contributed by atoms with van der Waals surface area (Å²) in [5, 5.41) is 6.55. The van der Waals surface area contributed by atoms with Crippen molar-refractivity contribution in [1.29, 1.82) is 0 Å². The summed E-state index contributed by atoms with van der Waals surface area (Å²) >= 11 is 0. The first kappa shape index (κ1) is 21.8. The van der Waals surface area contributed by atoms with E-state index in [-0.39, 0.29) is 24.0 Å². The maximum atomic E-state index is 5.35. The maximum absolute atomic E-state index is 5.35. The number of aliphatic imine (C=N–C) groups is 1. The summed E-state index contributed by atoms with van der Waals surface area (Å²) in [5.74, 6) is 2.08. The Morgan fingerprint density at radius 2 is 1.96 bits per heavy atom. The molecule has 7 nitrogen and oxygen atoms in total. The summed E-state index contributed by atoms with van der Waals surface area (Å²) < 4.78 is 12.6. The molecule has 0 aliphatic heterocycles. The van der Waals surface area contributed by atoms with Gasteiger partial charge in [0.05, 0.1) is 19.9 Å². The number of imidazole rings is 1. The molecule has 0 saturated heterocycles. The van der Waals surface area contributed by atoms with Crippen LogP contribution in [0.25, 0.3) is 5.65 Å². The largest absolute Gasteiger partial charge is 0.493 e. The summed E-state index contributed by atoms with van der Waals surface area (Å²) in [5.41, 5.74) is 2.85. The first-order valence-electron chi connectivity index (χ1n) is 8.93. The second-order valence-corrected chi connectivity index (χ2v) is 5.90. The van der Waals surface area contributed by atoms with Crippen LogP contribution >= 0.6 is 24.0 Å². The summed E-state index contributed by atoms with van der Waals surface area (Å²) in [7, 11) is 3.24. The van der Waals surface area contributed by atoms with E-state index in [0.717, 1.165) is 30.0 Å². The average Bonchev–Trinajstić information content (AvgIpc) is 3.10. The van der Waals surface area contributed by atoms with Gasteiger partial charge in [0.1, 0.15) is 5.65 Å². The predicted molar refractivity (Wildman–Crippen MR) is 123 cm³/mol. The number of nitrogens with one attached hydrogen (secondary N) is 2. The van der Waals surface area contributed by atoms with Gasteiger partial charge in [-0.3, -0.25) is 4.99 Å². The topological polar surface area (TPSA) is 72.2 Å². The molecule has 0 fully saturated rings. The van der Waals surface area contributed by atoms with E-state index in [1.165, 1.54) is 0 Å². The molecule has 0 amide bonds. The van der Waals surface area contributed by atoms with Crippen molar-refractivity contribution < 1.29 is 9.47 Å². The number of nitrogens with zero attached hydrogens (tertiary/aromatic N) is 3. The molecule has 0 atom stereocenters. The fourth-order valence-electron chi connectivity index (χ4n) is 2.75. The molecule has 2 N–H and O–H groups in total. The van der Waals surface area contributed by atoms with Gasteiger partial charge in [-0.1, -0.05) is 6.07 Å². The fraction of sp³-hybridized carbons (Fsp3) is 0.300. The Bertz CT molecular complexity index is 893. The Labute approximate surface area is 182 Å². The Balaban J connectivity index is 0.00000280. The average molecular weight is 495 g/mol. The lowest BCUT2D eigenvalue weighted by Gasteiger charge is -2.13. The number of guanidine groups is 1. The number of halogens is 1. The van der Waals surface area contributed by atoms with Crippen LogP contribution in [0.1, 0.15) is 12.6 Å². The third-order valence-electron chi connectivity index (χ3n) is 4.04. The van der Waals surface area contributed by atoms with Crippen LogP contribution in [0.4, 0.5) is 5.69 Å². The molecule has 1 aromatic carbocycles. The SMILES string of the molecule is CCNC(=NCCc1cn2ccccc2n1)Nc1ccc(OC)c(OC)c1.I. The van der Waals surface area contributed by atoms with Crippen LogP contribution in [0.5, 0.6) is 11.5 Å². The van der Waals surface area contributed by atoms with Crippen molar-refractivity contribution in [2.75, 3.05) is 32.6 Å². The van der Waals surface area contributed by atoms with Crippen molar-refractivity contribution in [1.82, 2.24) is 14.7 Å². The third kappa shape index (κ3) is 5.51. The molecule has 0 saturated carbocycles. The minimum atomic E-state index is 0. The standard InChI is InChI=1S/C20H25N5O2.HI/c1-4-21-20(24-15-8-9-17(26-2)18(13-15)27-3)22-11-10-16-14-25-12-6-5-7-19(25)23-16;/h5-9,12-14H,4,10-11H2,1-3H3,(H2,21,22,24);1H. The molecule has 0 aliphatic rings. The van der Waals surface area contributed by atoms with Crippen molar-refractivity contribution in [3.05, 3.63) is 54.5 Å². The van der Waals surface area contributed by atoms with Gasteiger partial charge in [-0.25, -0.2) is 4.98 Å². The third-order valence-corrected chi connectivity index (χ3v) is 4.04. The number of rotatable bonds is 7. The Morgan fingerprint density at radius 1 is 1.14 bits per heavy atom. The number of pyridine rings is 1. The van der Waals surface area contributed by atoms with Gasteiger partial charge in [0.25, 0.3) is 0 Å². The molecule has 0 bridgehead atoms. The maximum Gasteiger partial charge on any atom is 0.195 e. The van der Waals surface area contributed by atoms with Gasteiger partial charge in [-0.2, -0.15) is 0 Å². The Kier molecular flexibility index (Phi) is 8.37. The van der Waals surface area contributed by atoms with E-state index in [0.29, 0.717) is 24.0 Å². The summed E-state index contributed by atoms with van der Waals surface area (Å²) in [6, 6.07) is 11.6. The molecule has 8 heteroatoms. The second-order valence-electron chi connectivity index (χ2n) is 5.90. The van der Waals surface area contributed by atoms with Crippen LogP contribution in [-0.2, 0) is 6.42 Å². The van der Waals surface area contributed by atoms with Crippen LogP contribution in [0.15, 0.2) is 53.8 Å². The van der Waals surface area contributed by atoms with Crippen LogP contribution in [0, 0.1) is 0 Å². The van der Waals surface area contributed by atoms with Crippen LogP contribution in [0.2, 0.25) is 0 Å². The highest BCUT2D eigenvalue weighted by Crippen LogP contribution is 2.29. The zero-order valence-corrected chi connectivity index (χ0v) is 18.6. The summed E-state index contributed by atoms with van der Waals surface area (Å²) in [4.78, 5) is 9.25. The lowest BCUT2D eigenvalue weighted by Crippen LogP contribution is -2.30. The first-order chi connectivity index (χ1) is 13.2. The van der Waals surface area contributed by atoms with Gasteiger partial charge < -0.3 is 24.5 Å². The highest BCUT2D eigenvalue weighted by molar-refractivity contribution is 14.0.